The first-order valence-corrected chi connectivity index (χ1v) is 6.59. The lowest BCUT2D eigenvalue weighted by atomic mass is 10.0. The van der Waals surface area contributed by atoms with Crippen LogP contribution in [-0.2, 0) is 4.74 Å². The monoisotopic (exact) mass is 348 g/mol. The van der Waals surface area contributed by atoms with Crippen molar-refractivity contribution in [2.45, 2.75) is 18.5 Å². The first-order valence-electron chi connectivity index (χ1n) is 6.59. The average molecular weight is 348 g/mol. The lowest BCUT2D eigenvalue weighted by molar-refractivity contribution is -0.307. The van der Waals surface area contributed by atoms with E-state index >= 15 is 0 Å². The first-order chi connectivity index (χ1) is 11.1. The number of rotatable bonds is 3. The topological polar surface area (TPSA) is 26.3 Å². The lowest BCUT2D eigenvalue weighted by Crippen LogP contribution is -2.45. The molecule has 0 unspecified atom stereocenters. The molecule has 0 spiro atoms. The van der Waals surface area contributed by atoms with Gasteiger partial charge in [0.1, 0.15) is 0 Å². The van der Waals surface area contributed by atoms with Crippen LogP contribution in [0.4, 0.5) is 26.3 Å². The van der Waals surface area contributed by atoms with Crippen molar-refractivity contribution in [3.8, 4) is 11.1 Å². The molecular formula is C16H10F6O2. The van der Waals surface area contributed by atoms with Crippen molar-refractivity contribution in [3.63, 3.8) is 0 Å². The van der Waals surface area contributed by atoms with Crippen LogP contribution in [0.2, 0.25) is 0 Å². The number of halogens is 6. The minimum atomic E-state index is -5.74. The number of esters is 1. The standard InChI is InChI=1S/C16H10F6O2/c17-15(18,19)14(16(20,21)22)24-13(23)12-8-6-11(7-9-12)10-4-2-1-3-5-10/h1-9,14H. The van der Waals surface area contributed by atoms with Gasteiger partial charge in [-0.2, -0.15) is 26.3 Å². The van der Waals surface area contributed by atoms with E-state index in [9.17, 15) is 31.1 Å². The van der Waals surface area contributed by atoms with Crippen molar-refractivity contribution in [2.75, 3.05) is 0 Å². The van der Waals surface area contributed by atoms with E-state index in [1.54, 1.807) is 30.3 Å². The molecule has 0 aliphatic heterocycles. The Balaban J connectivity index is 2.18. The fourth-order valence-electron chi connectivity index (χ4n) is 1.92. The molecular weight excluding hydrogens is 338 g/mol. The molecule has 0 bridgehead atoms. The molecule has 2 rings (SSSR count). The summed E-state index contributed by atoms with van der Waals surface area (Å²) in [6, 6.07) is 13.8. The van der Waals surface area contributed by atoms with E-state index in [2.05, 4.69) is 4.74 Å². The molecule has 8 heteroatoms. The molecule has 0 fully saturated rings. The Hall–Kier alpha value is -2.51. The van der Waals surface area contributed by atoms with Crippen LogP contribution in [0.5, 0.6) is 0 Å². The van der Waals surface area contributed by atoms with Crippen LogP contribution in [0.15, 0.2) is 54.6 Å². The second kappa shape index (κ2) is 6.54. The molecule has 0 aliphatic carbocycles. The summed E-state index contributed by atoms with van der Waals surface area (Å²) < 4.78 is 77.9. The zero-order chi connectivity index (χ0) is 18.0. The Kier molecular flexibility index (Phi) is 4.86. The van der Waals surface area contributed by atoms with Gasteiger partial charge in [0.2, 0.25) is 0 Å². The highest BCUT2D eigenvalue weighted by Gasteiger charge is 2.59. The summed E-state index contributed by atoms with van der Waals surface area (Å²) in [5.74, 6) is -1.70. The molecule has 0 radical (unpaired) electrons. The van der Waals surface area contributed by atoms with Crippen molar-refractivity contribution >= 4 is 5.97 Å². The number of alkyl halides is 6. The van der Waals surface area contributed by atoms with Crippen LogP contribution < -0.4 is 0 Å². The number of benzene rings is 2. The number of hydrogen-bond acceptors (Lipinski definition) is 2. The minimum absolute atomic E-state index is 0.409. The maximum atomic E-state index is 12.4. The van der Waals surface area contributed by atoms with Gasteiger partial charge in [-0.25, -0.2) is 4.79 Å². The van der Waals surface area contributed by atoms with Gasteiger partial charge < -0.3 is 4.74 Å². The van der Waals surface area contributed by atoms with Gasteiger partial charge in [0.15, 0.2) is 0 Å². The summed E-state index contributed by atoms with van der Waals surface area (Å²) in [5.41, 5.74) is 1.02. The molecule has 0 heterocycles. The molecule has 0 saturated heterocycles. The van der Waals surface area contributed by atoms with Crippen molar-refractivity contribution in [1.82, 2.24) is 0 Å². The average Bonchev–Trinajstić information content (AvgIpc) is 2.51. The van der Waals surface area contributed by atoms with Gasteiger partial charge in [0, 0.05) is 0 Å². The number of ether oxygens (including phenoxy) is 1. The Morgan fingerprint density at radius 1 is 0.750 bits per heavy atom. The molecule has 128 valence electrons. The summed E-state index contributed by atoms with van der Waals surface area (Å²) in [5, 5.41) is 0. The van der Waals surface area contributed by atoms with E-state index in [1.807, 2.05) is 0 Å². The van der Waals surface area contributed by atoms with E-state index in [0.29, 0.717) is 5.56 Å². The maximum absolute atomic E-state index is 12.4. The molecule has 0 aromatic heterocycles. The third-order valence-electron chi connectivity index (χ3n) is 3.05. The third-order valence-corrected chi connectivity index (χ3v) is 3.05. The van der Waals surface area contributed by atoms with Crippen LogP contribution in [0, 0.1) is 0 Å². The maximum Gasteiger partial charge on any atom is 0.434 e. The summed E-state index contributed by atoms with van der Waals surface area (Å²) >= 11 is 0. The van der Waals surface area contributed by atoms with E-state index in [-0.39, 0.29) is 0 Å². The van der Waals surface area contributed by atoms with Crippen molar-refractivity contribution in [2.24, 2.45) is 0 Å². The highest BCUT2D eigenvalue weighted by Crippen LogP contribution is 2.36. The van der Waals surface area contributed by atoms with E-state index < -0.39 is 30.0 Å². The fourth-order valence-corrected chi connectivity index (χ4v) is 1.92. The van der Waals surface area contributed by atoms with E-state index in [4.69, 9.17) is 0 Å². The minimum Gasteiger partial charge on any atom is -0.439 e. The van der Waals surface area contributed by atoms with Gasteiger partial charge >= 0.3 is 18.3 Å². The van der Waals surface area contributed by atoms with Gasteiger partial charge in [-0.05, 0) is 23.3 Å². The fraction of sp³-hybridized carbons (Fsp3) is 0.188. The molecule has 0 saturated carbocycles. The molecule has 0 N–H and O–H groups in total. The third kappa shape index (κ3) is 4.27. The van der Waals surface area contributed by atoms with Crippen molar-refractivity contribution in [1.29, 1.82) is 0 Å². The zero-order valence-corrected chi connectivity index (χ0v) is 11.9. The van der Waals surface area contributed by atoms with Crippen LogP contribution in [0.1, 0.15) is 10.4 Å². The quantitative estimate of drug-likeness (QED) is 0.576. The van der Waals surface area contributed by atoms with Crippen LogP contribution in [-0.4, -0.2) is 24.4 Å². The molecule has 2 aromatic carbocycles. The Morgan fingerprint density at radius 3 is 1.67 bits per heavy atom. The van der Waals surface area contributed by atoms with E-state index in [1.165, 1.54) is 12.1 Å². The Morgan fingerprint density at radius 2 is 1.21 bits per heavy atom. The number of hydrogen-bond donors (Lipinski definition) is 0. The van der Waals surface area contributed by atoms with Crippen LogP contribution in [0.25, 0.3) is 11.1 Å². The largest absolute Gasteiger partial charge is 0.439 e. The molecule has 0 amide bonds. The molecule has 0 atom stereocenters. The summed E-state index contributed by atoms with van der Waals surface area (Å²) in [4.78, 5) is 11.6. The van der Waals surface area contributed by atoms with Crippen LogP contribution >= 0.6 is 0 Å². The van der Waals surface area contributed by atoms with Gasteiger partial charge in [-0.15, -0.1) is 0 Å². The van der Waals surface area contributed by atoms with Crippen molar-refractivity contribution in [3.05, 3.63) is 60.2 Å². The van der Waals surface area contributed by atoms with Crippen LogP contribution in [0.3, 0.4) is 0 Å². The summed E-state index contributed by atoms with van der Waals surface area (Å²) in [6.07, 6.45) is -15.6. The zero-order valence-electron chi connectivity index (χ0n) is 11.9. The van der Waals surface area contributed by atoms with Gasteiger partial charge in [-0.1, -0.05) is 42.5 Å². The van der Waals surface area contributed by atoms with Gasteiger partial charge in [0.25, 0.3) is 6.10 Å². The molecule has 0 aliphatic rings. The number of carbonyl (C=O) groups is 1. The molecule has 2 nitrogen and oxygen atoms in total. The highest BCUT2D eigenvalue weighted by molar-refractivity contribution is 5.90. The second-order valence-corrected chi connectivity index (χ2v) is 4.81. The van der Waals surface area contributed by atoms with Crippen molar-refractivity contribution < 1.29 is 35.9 Å². The summed E-state index contributed by atoms with van der Waals surface area (Å²) in [6.45, 7) is 0. The predicted octanol–water partition coefficient (Wildman–Crippen LogP) is 5.00. The smallest absolute Gasteiger partial charge is 0.434 e. The predicted molar refractivity (Wildman–Crippen MR) is 73.2 cm³/mol. The SMILES string of the molecule is O=C(OC(C(F)(F)F)C(F)(F)F)c1ccc(-c2ccccc2)cc1. The summed E-state index contributed by atoms with van der Waals surface area (Å²) in [7, 11) is 0. The number of carbonyl (C=O) groups excluding carboxylic acids is 1. The van der Waals surface area contributed by atoms with Gasteiger partial charge in [-0.3, -0.25) is 0 Å². The lowest BCUT2D eigenvalue weighted by Gasteiger charge is -2.22. The second-order valence-electron chi connectivity index (χ2n) is 4.81. The first kappa shape index (κ1) is 17.8. The molecule has 24 heavy (non-hydrogen) atoms. The normalized spacial score (nSPS) is 12.3. The van der Waals surface area contributed by atoms with E-state index in [0.717, 1.165) is 17.7 Å². The Bertz CT molecular complexity index is 675. The highest BCUT2D eigenvalue weighted by atomic mass is 19.4. The van der Waals surface area contributed by atoms with Gasteiger partial charge in [0.05, 0.1) is 5.56 Å². The Labute approximate surface area is 132 Å². The molecule has 2 aromatic rings.